The first-order chi connectivity index (χ1) is 11.2. The largest absolute Gasteiger partial charge is 0.448 e. The van der Waals surface area contributed by atoms with E-state index in [9.17, 15) is 4.79 Å². The predicted molar refractivity (Wildman–Crippen MR) is 90.4 cm³/mol. The molecule has 0 bridgehead atoms. The maximum absolute atomic E-state index is 12.1. The van der Waals surface area contributed by atoms with Crippen LogP contribution in [0.2, 0.25) is 0 Å². The van der Waals surface area contributed by atoms with Gasteiger partial charge < -0.3 is 15.5 Å². The molecular weight excluding hydrogens is 310 g/mol. The van der Waals surface area contributed by atoms with Crippen LogP contribution in [0.4, 0.5) is 0 Å². The minimum Gasteiger partial charge on any atom is -0.448 e. The van der Waals surface area contributed by atoms with Crippen LogP contribution in [0.1, 0.15) is 23.4 Å². The topological polar surface area (TPSA) is 81.1 Å². The molecule has 5 nitrogen and oxygen atoms in total. The summed E-state index contributed by atoms with van der Waals surface area (Å²) in [5.74, 6) is 1.24. The molecule has 1 amide bonds. The number of hydrogen-bond acceptors (Lipinski definition) is 5. The zero-order chi connectivity index (χ0) is 15.8. The van der Waals surface area contributed by atoms with E-state index in [0.29, 0.717) is 24.0 Å². The van der Waals surface area contributed by atoms with Gasteiger partial charge in [0.05, 0.1) is 10.2 Å². The Kier molecular flexibility index (Phi) is 3.63. The summed E-state index contributed by atoms with van der Waals surface area (Å²) in [7, 11) is 0. The van der Waals surface area contributed by atoms with Crippen LogP contribution in [-0.2, 0) is 0 Å². The summed E-state index contributed by atoms with van der Waals surface area (Å²) in [5, 5.41) is 3.61. The van der Waals surface area contributed by atoms with E-state index < -0.39 is 0 Å². The Bertz CT molecular complexity index is 817. The zero-order valence-corrected chi connectivity index (χ0v) is 13.3. The lowest BCUT2D eigenvalue weighted by molar-refractivity contribution is 0.0923. The van der Waals surface area contributed by atoms with E-state index >= 15 is 0 Å². The number of nitrogens with two attached hydrogens (primary N) is 1. The number of para-hydroxylation sites is 1. The number of carbonyl (C=O) groups is 1. The molecule has 4 rings (SSSR count). The second-order valence-corrected chi connectivity index (χ2v) is 6.89. The summed E-state index contributed by atoms with van der Waals surface area (Å²) in [6, 6.07) is 11.4. The lowest BCUT2D eigenvalue weighted by atomic mass is 10.2. The molecule has 1 aliphatic rings. The van der Waals surface area contributed by atoms with Crippen molar-refractivity contribution < 1.29 is 9.21 Å². The fraction of sp³-hybridized carbons (Fsp3) is 0.294. The van der Waals surface area contributed by atoms with E-state index in [4.69, 9.17) is 10.2 Å². The van der Waals surface area contributed by atoms with Crippen molar-refractivity contribution in [3.05, 3.63) is 42.2 Å². The highest BCUT2D eigenvalue weighted by Gasteiger charge is 2.28. The normalized spacial score (nSPS) is 15.7. The number of thiazole rings is 1. The highest BCUT2D eigenvalue weighted by molar-refractivity contribution is 7.21. The highest BCUT2D eigenvalue weighted by Crippen LogP contribution is 2.32. The average molecular weight is 327 g/mol. The van der Waals surface area contributed by atoms with Gasteiger partial charge in [-0.05, 0) is 43.0 Å². The minimum absolute atomic E-state index is 0.0395. The number of fused-ring (bicyclic) bond motifs is 1. The molecule has 23 heavy (non-hydrogen) atoms. The molecule has 118 valence electrons. The molecule has 1 unspecified atom stereocenters. The Hall–Kier alpha value is -2.18. The van der Waals surface area contributed by atoms with Crippen molar-refractivity contribution in [3.8, 4) is 10.8 Å². The molecular formula is C17H17N3O2S. The van der Waals surface area contributed by atoms with Crippen LogP contribution in [0.15, 0.2) is 40.8 Å². The number of furan rings is 1. The number of nitrogens with one attached hydrogen (secondary N) is 1. The van der Waals surface area contributed by atoms with Crippen LogP contribution in [0.25, 0.3) is 21.0 Å². The fourth-order valence-corrected chi connectivity index (χ4v) is 3.47. The smallest absolute Gasteiger partial charge is 0.287 e. The van der Waals surface area contributed by atoms with Gasteiger partial charge in [0, 0.05) is 12.6 Å². The van der Waals surface area contributed by atoms with Gasteiger partial charge in [0.1, 0.15) is 0 Å². The highest BCUT2D eigenvalue weighted by atomic mass is 32.1. The predicted octanol–water partition coefficient (Wildman–Crippen LogP) is 3.02. The summed E-state index contributed by atoms with van der Waals surface area (Å²) in [6.07, 6.45) is 2.33. The lowest BCUT2D eigenvalue weighted by Crippen LogP contribution is -2.38. The van der Waals surface area contributed by atoms with Gasteiger partial charge in [-0.1, -0.05) is 12.1 Å². The zero-order valence-electron chi connectivity index (χ0n) is 12.5. The number of aromatic nitrogens is 1. The van der Waals surface area contributed by atoms with Crippen LogP contribution in [-0.4, -0.2) is 23.5 Å². The molecule has 1 saturated carbocycles. The van der Waals surface area contributed by atoms with Crippen LogP contribution in [0, 0.1) is 5.92 Å². The molecule has 1 atom stereocenters. The SMILES string of the molecule is NC(CNC(=O)c1ccc(-c2nc3ccccc3s2)o1)C1CC1. The Morgan fingerprint density at radius 3 is 2.96 bits per heavy atom. The van der Waals surface area contributed by atoms with Gasteiger partial charge >= 0.3 is 0 Å². The molecule has 6 heteroatoms. The van der Waals surface area contributed by atoms with E-state index in [2.05, 4.69) is 10.3 Å². The van der Waals surface area contributed by atoms with Gasteiger partial charge in [-0.25, -0.2) is 4.98 Å². The Balaban J connectivity index is 1.48. The Morgan fingerprint density at radius 2 is 2.17 bits per heavy atom. The molecule has 0 radical (unpaired) electrons. The average Bonchev–Trinajstić information content (AvgIpc) is 3.14. The van der Waals surface area contributed by atoms with Gasteiger partial charge in [0.25, 0.3) is 5.91 Å². The minimum atomic E-state index is -0.228. The van der Waals surface area contributed by atoms with Gasteiger partial charge in [-0.15, -0.1) is 11.3 Å². The van der Waals surface area contributed by atoms with Crippen LogP contribution in [0.5, 0.6) is 0 Å². The third-order valence-corrected chi connectivity index (χ3v) is 5.11. The third-order valence-electron chi connectivity index (χ3n) is 4.06. The van der Waals surface area contributed by atoms with E-state index in [1.807, 2.05) is 24.3 Å². The summed E-state index contributed by atoms with van der Waals surface area (Å²) >= 11 is 1.55. The van der Waals surface area contributed by atoms with Crippen molar-refractivity contribution in [1.29, 1.82) is 0 Å². The molecule has 0 saturated heterocycles. The lowest BCUT2D eigenvalue weighted by Gasteiger charge is -2.10. The van der Waals surface area contributed by atoms with Gasteiger partial charge in [-0.2, -0.15) is 0 Å². The standard InChI is InChI=1S/C17H17N3O2S/c18-11(10-5-6-10)9-19-16(21)13-7-8-14(22-13)17-20-12-3-1-2-4-15(12)23-17/h1-4,7-8,10-11H,5-6,9,18H2,(H,19,21). The van der Waals surface area contributed by atoms with Crippen LogP contribution >= 0.6 is 11.3 Å². The first-order valence-corrected chi connectivity index (χ1v) is 8.52. The maximum atomic E-state index is 12.1. The van der Waals surface area contributed by atoms with Gasteiger partial charge in [-0.3, -0.25) is 4.79 Å². The van der Waals surface area contributed by atoms with E-state index in [0.717, 1.165) is 15.2 Å². The second kappa shape index (κ2) is 5.79. The Morgan fingerprint density at radius 1 is 1.35 bits per heavy atom. The number of hydrogen-bond donors (Lipinski definition) is 2. The number of rotatable bonds is 5. The van der Waals surface area contributed by atoms with E-state index in [1.165, 1.54) is 12.8 Å². The van der Waals surface area contributed by atoms with Crippen molar-refractivity contribution in [2.45, 2.75) is 18.9 Å². The van der Waals surface area contributed by atoms with Crippen molar-refractivity contribution in [1.82, 2.24) is 10.3 Å². The fourth-order valence-electron chi connectivity index (χ4n) is 2.54. The first-order valence-electron chi connectivity index (χ1n) is 7.70. The summed E-state index contributed by atoms with van der Waals surface area (Å²) < 4.78 is 6.76. The molecule has 1 fully saturated rings. The van der Waals surface area contributed by atoms with Crippen molar-refractivity contribution in [2.75, 3.05) is 6.54 Å². The summed E-state index contributed by atoms with van der Waals surface area (Å²) in [4.78, 5) is 16.7. The van der Waals surface area contributed by atoms with Crippen molar-refractivity contribution in [2.24, 2.45) is 11.7 Å². The molecule has 0 spiro atoms. The van der Waals surface area contributed by atoms with Crippen molar-refractivity contribution in [3.63, 3.8) is 0 Å². The van der Waals surface area contributed by atoms with Gasteiger partial charge in [0.2, 0.25) is 0 Å². The molecule has 1 aromatic carbocycles. The molecule has 3 N–H and O–H groups in total. The molecule has 2 heterocycles. The Labute approximate surface area is 137 Å². The molecule has 1 aliphatic carbocycles. The van der Waals surface area contributed by atoms with Crippen LogP contribution < -0.4 is 11.1 Å². The van der Waals surface area contributed by atoms with E-state index in [1.54, 1.807) is 23.5 Å². The molecule has 3 aromatic rings. The second-order valence-electron chi connectivity index (χ2n) is 5.86. The summed E-state index contributed by atoms with van der Waals surface area (Å²) in [5.41, 5.74) is 6.93. The van der Waals surface area contributed by atoms with E-state index in [-0.39, 0.29) is 11.9 Å². The number of nitrogens with zero attached hydrogens (tertiary/aromatic N) is 1. The number of benzene rings is 1. The van der Waals surface area contributed by atoms with Crippen LogP contribution in [0.3, 0.4) is 0 Å². The van der Waals surface area contributed by atoms with Crippen molar-refractivity contribution >= 4 is 27.5 Å². The van der Waals surface area contributed by atoms with Gasteiger partial charge in [0.15, 0.2) is 16.5 Å². The quantitative estimate of drug-likeness (QED) is 0.755. The monoisotopic (exact) mass is 327 g/mol. The summed E-state index contributed by atoms with van der Waals surface area (Å²) in [6.45, 7) is 0.487. The number of carbonyl (C=O) groups excluding carboxylic acids is 1. The first kappa shape index (κ1) is 14.4. The maximum Gasteiger partial charge on any atom is 0.287 e. The molecule has 0 aliphatic heterocycles. The molecule has 2 aromatic heterocycles. The third kappa shape index (κ3) is 3.00. The number of amides is 1.